The van der Waals surface area contributed by atoms with Crippen molar-refractivity contribution >= 4 is 23.6 Å². The number of carbonyl (C=O) groups is 3. The van der Waals surface area contributed by atoms with Crippen LogP contribution in [0, 0.1) is 19.8 Å². The second-order valence-electron chi connectivity index (χ2n) is 12.2. The highest BCUT2D eigenvalue weighted by Crippen LogP contribution is 2.35. The predicted octanol–water partition coefficient (Wildman–Crippen LogP) is 6.56. The van der Waals surface area contributed by atoms with Gasteiger partial charge in [-0.2, -0.15) is 0 Å². The van der Waals surface area contributed by atoms with E-state index < -0.39 is 29.3 Å². The molecule has 0 fully saturated rings. The molecule has 0 spiro atoms. The third kappa shape index (κ3) is 8.47. The van der Waals surface area contributed by atoms with E-state index in [1.165, 1.54) is 0 Å². The third-order valence-corrected chi connectivity index (χ3v) is 6.94. The molecular formula is C32H47N3O5. The molecule has 2 aromatic rings. The predicted molar refractivity (Wildman–Crippen MR) is 159 cm³/mol. The monoisotopic (exact) mass is 553 g/mol. The van der Waals surface area contributed by atoms with Gasteiger partial charge in [0.2, 0.25) is 5.91 Å². The van der Waals surface area contributed by atoms with E-state index >= 15 is 0 Å². The molecule has 0 radical (unpaired) electrons. The van der Waals surface area contributed by atoms with Crippen LogP contribution in [0.2, 0.25) is 0 Å². The Morgan fingerprint density at radius 2 is 1.55 bits per heavy atom. The van der Waals surface area contributed by atoms with Gasteiger partial charge in [-0.15, -0.1) is 0 Å². The number of anilines is 1. The zero-order valence-electron chi connectivity index (χ0n) is 26.0. The summed E-state index contributed by atoms with van der Waals surface area (Å²) in [5.74, 6) is -0.310. The molecule has 0 aliphatic heterocycles. The van der Waals surface area contributed by atoms with Gasteiger partial charge in [-0.3, -0.25) is 9.59 Å². The lowest BCUT2D eigenvalue weighted by atomic mass is 9.88. The summed E-state index contributed by atoms with van der Waals surface area (Å²) in [6.45, 7) is 18.8. The first kappa shape index (κ1) is 32.7. The van der Waals surface area contributed by atoms with Gasteiger partial charge in [-0.1, -0.05) is 44.5 Å². The second-order valence-corrected chi connectivity index (χ2v) is 12.2. The molecular weight excluding hydrogens is 506 g/mol. The molecule has 220 valence electrons. The maximum atomic E-state index is 14.5. The Bertz CT molecular complexity index is 1180. The highest BCUT2D eigenvalue weighted by atomic mass is 16.6. The van der Waals surface area contributed by atoms with E-state index in [9.17, 15) is 14.4 Å². The molecule has 0 aliphatic rings. The first-order chi connectivity index (χ1) is 18.5. The molecule has 0 saturated heterocycles. The molecule has 2 unspecified atom stereocenters. The van der Waals surface area contributed by atoms with E-state index in [1.807, 2.05) is 66.7 Å². The Balaban J connectivity index is 2.66. The lowest BCUT2D eigenvalue weighted by Gasteiger charge is -2.45. The van der Waals surface area contributed by atoms with Crippen molar-refractivity contribution in [2.75, 3.05) is 12.4 Å². The van der Waals surface area contributed by atoms with Crippen molar-refractivity contribution in [2.24, 2.45) is 5.92 Å². The summed E-state index contributed by atoms with van der Waals surface area (Å²) in [6.07, 6.45) is -0.104. The van der Waals surface area contributed by atoms with Crippen LogP contribution in [0.25, 0.3) is 0 Å². The number of benzene rings is 2. The van der Waals surface area contributed by atoms with Crippen LogP contribution in [-0.2, 0) is 14.3 Å². The van der Waals surface area contributed by atoms with E-state index in [4.69, 9.17) is 9.47 Å². The van der Waals surface area contributed by atoms with Crippen LogP contribution in [0.1, 0.15) is 84.5 Å². The van der Waals surface area contributed by atoms with Crippen molar-refractivity contribution in [3.8, 4) is 5.75 Å². The summed E-state index contributed by atoms with van der Waals surface area (Å²) < 4.78 is 10.7. The van der Waals surface area contributed by atoms with E-state index in [2.05, 4.69) is 10.6 Å². The second kappa shape index (κ2) is 13.2. The molecule has 0 saturated carbocycles. The van der Waals surface area contributed by atoms with Gasteiger partial charge in [0.1, 0.15) is 23.4 Å². The highest BCUT2D eigenvalue weighted by molar-refractivity contribution is 5.99. The number of methoxy groups -OCH3 is 1. The van der Waals surface area contributed by atoms with E-state index in [1.54, 1.807) is 57.0 Å². The maximum absolute atomic E-state index is 14.5. The number of amides is 3. The van der Waals surface area contributed by atoms with Crippen LogP contribution in [-0.4, -0.2) is 47.1 Å². The van der Waals surface area contributed by atoms with Crippen molar-refractivity contribution in [1.82, 2.24) is 10.2 Å². The summed E-state index contributed by atoms with van der Waals surface area (Å²) >= 11 is 0. The maximum Gasteiger partial charge on any atom is 0.408 e. The Labute approximate surface area is 239 Å². The molecule has 8 heteroatoms. The molecule has 0 heterocycles. The summed E-state index contributed by atoms with van der Waals surface area (Å²) in [5, 5.41) is 5.79. The molecule has 2 rings (SSSR count). The van der Waals surface area contributed by atoms with Crippen LogP contribution in [0.15, 0.2) is 42.5 Å². The van der Waals surface area contributed by atoms with Crippen molar-refractivity contribution in [3.63, 3.8) is 0 Å². The molecule has 0 bridgehead atoms. The minimum Gasteiger partial charge on any atom is -0.497 e. The number of hydrogen-bond donors (Lipinski definition) is 2. The van der Waals surface area contributed by atoms with Crippen molar-refractivity contribution < 1.29 is 23.9 Å². The van der Waals surface area contributed by atoms with Crippen molar-refractivity contribution in [1.29, 1.82) is 0 Å². The van der Waals surface area contributed by atoms with Gasteiger partial charge >= 0.3 is 6.09 Å². The first-order valence-electron chi connectivity index (χ1n) is 13.9. The quantitative estimate of drug-likeness (QED) is 0.347. The summed E-state index contributed by atoms with van der Waals surface area (Å²) in [5.41, 5.74) is 1.77. The van der Waals surface area contributed by atoms with Gasteiger partial charge < -0.3 is 25.0 Å². The number of carbonyl (C=O) groups excluding carboxylic acids is 3. The number of ether oxygens (including phenoxy) is 2. The molecule has 2 atom stereocenters. The number of nitrogens with zero attached hydrogens (tertiary/aromatic N) is 1. The van der Waals surface area contributed by atoms with Gasteiger partial charge in [0.25, 0.3) is 5.91 Å². The summed E-state index contributed by atoms with van der Waals surface area (Å²) in [7, 11) is 1.58. The molecule has 8 nitrogen and oxygen atoms in total. The Morgan fingerprint density at radius 3 is 2.02 bits per heavy atom. The average molecular weight is 554 g/mol. The van der Waals surface area contributed by atoms with Gasteiger partial charge in [0.05, 0.1) is 7.11 Å². The van der Waals surface area contributed by atoms with E-state index in [0.29, 0.717) is 23.4 Å². The molecule has 0 aliphatic carbocycles. The van der Waals surface area contributed by atoms with Crippen LogP contribution in [0.5, 0.6) is 5.75 Å². The number of aryl methyl sites for hydroxylation is 2. The van der Waals surface area contributed by atoms with Gasteiger partial charge in [-0.05, 0) is 96.2 Å². The minimum atomic E-state index is -0.966. The fourth-order valence-corrected chi connectivity index (χ4v) is 4.46. The van der Waals surface area contributed by atoms with Crippen LogP contribution in [0.3, 0.4) is 0 Å². The fourth-order valence-electron chi connectivity index (χ4n) is 4.46. The number of hydrogen-bond acceptors (Lipinski definition) is 5. The minimum absolute atomic E-state index is 0.264. The lowest BCUT2D eigenvalue weighted by molar-refractivity contribution is -0.148. The zero-order chi connectivity index (χ0) is 30.4. The molecule has 3 amide bonds. The Kier molecular flexibility index (Phi) is 10.8. The zero-order valence-corrected chi connectivity index (χ0v) is 26.0. The van der Waals surface area contributed by atoms with Gasteiger partial charge in [0.15, 0.2) is 0 Å². The number of alkyl carbamates (subject to hydrolysis) is 1. The topological polar surface area (TPSA) is 97.0 Å². The molecule has 2 N–H and O–H groups in total. The Hall–Kier alpha value is -3.55. The summed E-state index contributed by atoms with van der Waals surface area (Å²) in [4.78, 5) is 43.1. The third-order valence-electron chi connectivity index (χ3n) is 6.94. The Morgan fingerprint density at radius 1 is 0.950 bits per heavy atom. The van der Waals surface area contributed by atoms with Crippen molar-refractivity contribution in [3.05, 3.63) is 59.2 Å². The van der Waals surface area contributed by atoms with E-state index in [0.717, 1.165) is 11.1 Å². The fraction of sp³-hybridized carbons (Fsp3) is 0.531. The van der Waals surface area contributed by atoms with Crippen LogP contribution in [0.4, 0.5) is 10.5 Å². The SMILES string of the molecule is CCC(C)(C)N(C(=O)C(NC(=O)OC(C)(C)C)C(C)C)C(C(=O)Nc1ccc(OC)cc1)c1ccc(C)cc1C. The standard InChI is InChI=1S/C32H47N3O5/c1-12-32(9,10)35(29(37)26(20(2)3)34-30(38)40-31(6,7)8)27(25-18-13-21(4)19-22(25)5)28(36)33-23-14-16-24(39-11)17-15-23/h13-20,26-27H,12H2,1-11H3,(H,33,36)(H,34,38). The van der Waals surface area contributed by atoms with Crippen LogP contribution >= 0.6 is 0 Å². The van der Waals surface area contributed by atoms with Gasteiger partial charge in [0, 0.05) is 11.2 Å². The molecule has 0 aromatic heterocycles. The average Bonchev–Trinajstić information content (AvgIpc) is 2.85. The number of nitrogens with one attached hydrogen (secondary N) is 2. The largest absolute Gasteiger partial charge is 0.497 e. The molecule has 40 heavy (non-hydrogen) atoms. The van der Waals surface area contributed by atoms with Crippen molar-refractivity contribution in [2.45, 2.75) is 98.9 Å². The normalized spacial score (nSPS) is 13.3. The smallest absolute Gasteiger partial charge is 0.408 e. The lowest BCUT2D eigenvalue weighted by Crippen LogP contribution is -2.60. The highest BCUT2D eigenvalue weighted by Gasteiger charge is 2.44. The molecule has 2 aromatic carbocycles. The van der Waals surface area contributed by atoms with Crippen LogP contribution < -0.4 is 15.4 Å². The van der Waals surface area contributed by atoms with E-state index in [-0.39, 0.29) is 17.7 Å². The number of rotatable bonds is 10. The summed E-state index contributed by atoms with van der Waals surface area (Å²) in [6, 6.07) is 11.0. The van der Waals surface area contributed by atoms with Gasteiger partial charge in [-0.25, -0.2) is 4.79 Å². The first-order valence-corrected chi connectivity index (χ1v) is 13.9.